The Morgan fingerprint density at radius 3 is 2.67 bits per heavy atom. The molecule has 5 heteroatoms. The minimum atomic E-state index is -0.619. The highest BCUT2D eigenvalue weighted by atomic mass is 35.5. The van der Waals surface area contributed by atoms with Crippen LogP contribution in [0, 0.1) is 0 Å². The second kappa shape index (κ2) is 7.76. The molecule has 4 nitrogen and oxygen atoms in total. The van der Waals surface area contributed by atoms with Crippen LogP contribution in [-0.4, -0.2) is 31.5 Å². The van der Waals surface area contributed by atoms with Crippen LogP contribution < -0.4 is 14.8 Å². The molecule has 1 unspecified atom stereocenters. The zero-order valence-corrected chi connectivity index (χ0v) is 12.5. The average Bonchev–Trinajstić information content (AvgIpc) is 2.53. The van der Waals surface area contributed by atoms with Crippen molar-refractivity contribution in [2.75, 3.05) is 25.6 Å². The van der Waals surface area contributed by atoms with Gasteiger partial charge < -0.3 is 19.9 Å². The molecule has 1 atom stereocenters. The van der Waals surface area contributed by atoms with E-state index >= 15 is 0 Å². The minimum Gasteiger partial charge on any atom is -0.495 e. The summed E-state index contributed by atoms with van der Waals surface area (Å²) < 4.78 is 10.6. The molecule has 0 spiro atoms. The molecule has 21 heavy (non-hydrogen) atoms. The van der Waals surface area contributed by atoms with Crippen molar-refractivity contribution in [1.29, 1.82) is 0 Å². The normalized spacial score (nSPS) is 11.8. The molecule has 0 fully saturated rings. The summed E-state index contributed by atoms with van der Waals surface area (Å²) in [5.74, 6) is 1.33. The molecule has 0 aliphatic rings. The van der Waals surface area contributed by atoms with Gasteiger partial charge in [-0.1, -0.05) is 29.8 Å². The van der Waals surface area contributed by atoms with Crippen LogP contribution in [0.3, 0.4) is 0 Å². The number of benzene rings is 2. The first kappa shape index (κ1) is 15.5. The van der Waals surface area contributed by atoms with E-state index in [1.807, 2.05) is 36.4 Å². The van der Waals surface area contributed by atoms with Crippen molar-refractivity contribution < 1.29 is 14.6 Å². The summed E-state index contributed by atoms with van der Waals surface area (Å²) in [7, 11) is 1.56. The summed E-state index contributed by atoms with van der Waals surface area (Å²) in [5.41, 5.74) is 0.829. The van der Waals surface area contributed by atoms with Crippen LogP contribution in [0.15, 0.2) is 48.5 Å². The van der Waals surface area contributed by atoms with Crippen LogP contribution in [0.4, 0.5) is 5.69 Å². The van der Waals surface area contributed by atoms with E-state index in [0.29, 0.717) is 17.3 Å². The first-order valence-corrected chi connectivity index (χ1v) is 7.00. The van der Waals surface area contributed by atoms with Crippen LogP contribution in [-0.2, 0) is 0 Å². The van der Waals surface area contributed by atoms with Gasteiger partial charge in [-0.3, -0.25) is 0 Å². The Balaban J connectivity index is 1.79. The van der Waals surface area contributed by atoms with Gasteiger partial charge in [-0.05, 0) is 24.3 Å². The highest BCUT2D eigenvalue weighted by Crippen LogP contribution is 2.27. The number of aliphatic hydroxyl groups excluding tert-OH is 1. The van der Waals surface area contributed by atoms with Gasteiger partial charge in [-0.2, -0.15) is 0 Å². The predicted octanol–water partition coefficient (Wildman–Crippen LogP) is 3.20. The summed E-state index contributed by atoms with van der Waals surface area (Å²) in [5, 5.41) is 13.6. The standard InChI is InChI=1S/C16H18ClNO3/c1-20-16-9-12(7-8-15(16)17)18-10-13(19)11-21-14-5-3-2-4-6-14/h2-9,13,18-19H,10-11H2,1H3. The Morgan fingerprint density at radius 1 is 1.19 bits per heavy atom. The number of aliphatic hydroxyl groups is 1. The molecule has 2 rings (SSSR count). The summed E-state index contributed by atoms with van der Waals surface area (Å²) in [6.07, 6.45) is -0.619. The molecule has 0 aliphatic carbocycles. The fourth-order valence-corrected chi connectivity index (χ4v) is 1.97. The van der Waals surface area contributed by atoms with E-state index in [1.165, 1.54) is 0 Å². The van der Waals surface area contributed by atoms with Gasteiger partial charge in [0.05, 0.1) is 12.1 Å². The third kappa shape index (κ3) is 4.85. The van der Waals surface area contributed by atoms with Gasteiger partial charge in [0.1, 0.15) is 24.2 Å². The monoisotopic (exact) mass is 307 g/mol. The molecule has 0 aliphatic heterocycles. The van der Waals surface area contributed by atoms with Crippen molar-refractivity contribution in [3.63, 3.8) is 0 Å². The Bertz CT molecular complexity index is 563. The van der Waals surface area contributed by atoms with Crippen LogP contribution >= 0.6 is 11.6 Å². The quantitative estimate of drug-likeness (QED) is 0.825. The maximum atomic E-state index is 9.91. The maximum Gasteiger partial charge on any atom is 0.139 e. The first-order valence-electron chi connectivity index (χ1n) is 6.62. The average molecular weight is 308 g/mol. The largest absolute Gasteiger partial charge is 0.495 e. The molecule has 2 N–H and O–H groups in total. The van der Waals surface area contributed by atoms with Crippen LogP contribution in [0.1, 0.15) is 0 Å². The van der Waals surface area contributed by atoms with Gasteiger partial charge in [-0.25, -0.2) is 0 Å². The molecule has 2 aromatic rings. The molecule has 0 radical (unpaired) electrons. The van der Waals surface area contributed by atoms with Gasteiger partial charge in [0, 0.05) is 18.3 Å². The van der Waals surface area contributed by atoms with Gasteiger partial charge in [0.2, 0.25) is 0 Å². The van der Waals surface area contributed by atoms with Crippen molar-refractivity contribution >= 4 is 17.3 Å². The van der Waals surface area contributed by atoms with E-state index < -0.39 is 6.10 Å². The van der Waals surface area contributed by atoms with Gasteiger partial charge in [0.15, 0.2) is 0 Å². The number of ether oxygens (including phenoxy) is 2. The Kier molecular flexibility index (Phi) is 5.72. The Morgan fingerprint density at radius 2 is 1.95 bits per heavy atom. The third-order valence-corrected chi connectivity index (χ3v) is 3.19. The van der Waals surface area contributed by atoms with Crippen molar-refractivity contribution in [3.05, 3.63) is 53.6 Å². The second-order valence-electron chi connectivity index (χ2n) is 4.51. The van der Waals surface area contributed by atoms with Crippen molar-refractivity contribution in [3.8, 4) is 11.5 Å². The van der Waals surface area contributed by atoms with Crippen molar-refractivity contribution in [2.45, 2.75) is 6.10 Å². The van der Waals surface area contributed by atoms with E-state index in [1.54, 1.807) is 19.2 Å². The van der Waals surface area contributed by atoms with Crippen LogP contribution in [0.2, 0.25) is 5.02 Å². The van der Waals surface area contributed by atoms with E-state index in [2.05, 4.69) is 5.32 Å². The molecule has 0 saturated heterocycles. The summed E-state index contributed by atoms with van der Waals surface area (Å²) in [6.45, 7) is 0.597. The summed E-state index contributed by atoms with van der Waals surface area (Å²) in [6, 6.07) is 14.8. The molecule has 112 valence electrons. The molecular formula is C16H18ClNO3. The topological polar surface area (TPSA) is 50.7 Å². The van der Waals surface area contributed by atoms with E-state index in [-0.39, 0.29) is 6.61 Å². The highest BCUT2D eigenvalue weighted by Gasteiger charge is 2.07. The number of para-hydroxylation sites is 1. The lowest BCUT2D eigenvalue weighted by molar-refractivity contribution is 0.117. The number of hydrogen-bond donors (Lipinski definition) is 2. The smallest absolute Gasteiger partial charge is 0.139 e. The Hall–Kier alpha value is -1.91. The second-order valence-corrected chi connectivity index (χ2v) is 4.92. The number of methoxy groups -OCH3 is 1. The summed E-state index contributed by atoms with van der Waals surface area (Å²) >= 11 is 5.95. The predicted molar refractivity (Wildman–Crippen MR) is 84.4 cm³/mol. The number of halogens is 1. The fraction of sp³-hybridized carbons (Fsp3) is 0.250. The zero-order valence-electron chi connectivity index (χ0n) is 11.8. The third-order valence-electron chi connectivity index (χ3n) is 2.88. The molecule has 0 saturated carbocycles. The highest BCUT2D eigenvalue weighted by molar-refractivity contribution is 6.32. The van der Waals surface area contributed by atoms with Gasteiger partial charge in [0.25, 0.3) is 0 Å². The number of nitrogens with one attached hydrogen (secondary N) is 1. The molecular weight excluding hydrogens is 290 g/mol. The number of anilines is 1. The number of rotatable bonds is 7. The Labute approximate surface area is 129 Å². The van der Waals surface area contributed by atoms with E-state index in [4.69, 9.17) is 21.1 Å². The fourth-order valence-electron chi connectivity index (χ4n) is 1.77. The molecule has 0 amide bonds. The first-order chi connectivity index (χ1) is 10.2. The maximum absolute atomic E-state index is 9.91. The van der Waals surface area contributed by atoms with Crippen molar-refractivity contribution in [1.82, 2.24) is 0 Å². The van der Waals surface area contributed by atoms with E-state index in [9.17, 15) is 5.11 Å². The van der Waals surface area contributed by atoms with Crippen LogP contribution in [0.5, 0.6) is 11.5 Å². The molecule has 0 heterocycles. The van der Waals surface area contributed by atoms with Gasteiger partial charge >= 0.3 is 0 Å². The summed E-state index contributed by atoms with van der Waals surface area (Å²) in [4.78, 5) is 0. The lowest BCUT2D eigenvalue weighted by Gasteiger charge is -2.14. The SMILES string of the molecule is COc1cc(NCC(O)COc2ccccc2)ccc1Cl. The van der Waals surface area contributed by atoms with Crippen LogP contribution in [0.25, 0.3) is 0 Å². The molecule has 0 aromatic heterocycles. The molecule has 2 aromatic carbocycles. The van der Waals surface area contributed by atoms with Gasteiger partial charge in [-0.15, -0.1) is 0 Å². The zero-order chi connectivity index (χ0) is 15.1. The van der Waals surface area contributed by atoms with Crippen molar-refractivity contribution in [2.24, 2.45) is 0 Å². The lowest BCUT2D eigenvalue weighted by Crippen LogP contribution is -2.26. The molecule has 0 bridgehead atoms. The minimum absolute atomic E-state index is 0.224. The lowest BCUT2D eigenvalue weighted by atomic mass is 10.3. The number of hydrogen-bond acceptors (Lipinski definition) is 4. The van der Waals surface area contributed by atoms with E-state index in [0.717, 1.165) is 11.4 Å².